The molecule has 0 heterocycles. The Labute approximate surface area is 199 Å². The lowest BCUT2D eigenvalue weighted by Gasteiger charge is -2.21. The maximum absolute atomic E-state index is 13.8. The molecule has 1 saturated carbocycles. The first-order valence-corrected chi connectivity index (χ1v) is 11.7. The Morgan fingerprint density at radius 1 is 0.912 bits per heavy atom. The van der Waals surface area contributed by atoms with E-state index in [-0.39, 0.29) is 17.4 Å². The molecule has 0 spiro atoms. The zero-order valence-electron chi connectivity index (χ0n) is 19.1. The molecule has 0 aromatic heterocycles. The summed E-state index contributed by atoms with van der Waals surface area (Å²) in [5.41, 5.74) is 4.10. The molecule has 170 valence electrons. The van der Waals surface area contributed by atoms with Gasteiger partial charge in [0, 0.05) is 16.8 Å². The molecule has 4 aromatic rings. The number of amides is 1. The van der Waals surface area contributed by atoms with Crippen molar-refractivity contribution in [1.82, 2.24) is 0 Å². The average molecular weight is 450 g/mol. The van der Waals surface area contributed by atoms with Gasteiger partial charge in [-0.2, -0.15) is 0 Å². The summed E-state index contributed by atoms with van der Waals surface area (Å²) in [6.07, 6.45) is 3.14. The number of anilines is 1. The third-order valence-corrected chi connectivity index (χ3v) is 6.74. The van der Waals surface area contributed by atoms with Crippen LogP contribution in [0.4, 0.5) is 5.69 Å². The van der Waals surface area contributed by atoms with E-state index in [1.165, 1.54) is 0 Å². The molecule has 1 atom stereocenters. The predicted octanol–water partition coefficient (Wildman–Crippen LogP) is 7.04. The Morgan fingerprint density at radius 2 is 1.62 bits per heavy atom. The first kappa shape index (κ1) is 21.9. The van der Waals surface area contributed by atoms with Gasteiger partial charge >= 0.3 is 5.97 Å². The number of carboxylic acid groups (broad SMARTS) is 1. The van der Waals surface area contributed by atoms with Gasteiger partial charge in [0.2, 0.25) is 5.91 Å². The van der Waals surface area contributed by atoms with E-state index in [4.69, 9.17) is 0 Å². The molecule has 1 amide bonds. The van der Waals surface area contributed by atoms with Crippen molar-refractivity contribution in [2.45, 2.75) is 32.1 Å². The number of nitrogens with one attached hydrogen (secondary N) is 1. The number of benzene rings is 4. The molecule has 1 unspecified atom stereocenters. The molecular weight excluding hydrogens is 422 g/mol. The van der Waals surface area contributed by atoms with Gasteiger partial charge < -0.3 is 10.4 Å². The second kappa shape index (κ2) is 9.14. The molecular formula is C30H27NO3. The van der Waals surface area contributed by atoms with Crippen molar-refractivity contribution >= 4 is 28.3 Å². The molecule has 4 nitrogen and oxygen atoms in total. The first-order chi connectivity index (χ1) is 16.5. The van der Waals surface area contributed by atoms with Gasteiger partial charge in [0.05, 0.1) is 11.5 Å². The van der Waals surface area contributed by atoms with Crippen LogP contribution in [0.1, 0.15) is 46.7 Å². The molecule has 4 heteroatoms. The van der Waals surface area contributed by atoms with E-state index in [1.54, 1.807) is 12.1 Å². The molecule has 0 bridgehead atoms. The average Bonchev–Trinajstić information content (AvgIpc) is 3.67. The molecule has 5 rings (SSSR count). The van der Waals surface area contributed by atoms with Gasteiger partial charge in [-0.05, 0) is 53.3 Å². The van der Waals surface area contributed by atoms with Crippen LogP contribution in [0.25, 0.3) is 21.9 Å². The van der Waals surface area contributed by atoms with Crippen LogP contribution < -0.4 is 5.32 Å². The van der Waals surface area contributed by atoms with Crippen molar-refractivity contribution in [3.05, 3.63) is 102 Å². The van der Waals surface area contributed by atoms with E-state index < -0.39 is 5.97 Å². The zero-order chi connectivity index (χ0) is 23.7. The quantitative estimate of drug-likeness (QED) is 0.318. The van der Waals surface area contributed by atoms with Crippen LogP contribution in [0.5, 0.6) is 0 Å². The lowest BCUT2D eigenvalue weighted by atomic mass is 9.88. The lowest BCUT2D eigenvalue weighted by molar-refractivity contribution is -0.117. The Bertz CT molecular complexity index is 1380. The Hall–Kier alpha value is -3.92. The fraction of sp³-hybridized carbons (Fsp3) is 0.200. The van der Waals surface area contributed by atoms with Gasteiger partial charge in [-0.15, -0.1) is 0 Å². The minimum absolute atomic E-state index is 0.0545. The molecule has 0 saturated heterocycles. The number of hydrogen-bond donors (Lipinski definition) is 2. The normalized spacial score (nSPS) is 14.0. The summed E-state index contributed by atoms with van der Waals surface area (Å²) in [4.78, 5) is 25.7. The van der Waals surface area contributed by atoms with Gasteiger partial charge in [0.1, 0.15) is 0 Å². The second-order valence-electron chi connectivity index (χ2n) is 9.14. The van der Waals surface area contributed by atoms with Crippen LogP contribution >= 0.6 is 0 Å². The highest BCUT2D eigenvalue weighted by atomic mass is 16.4. The highest BCUT2D eigenvalue weighted by Crippen LogP contribution is 2.41. The number of aromatic carboxylic acids is 1. The summed E-state index contributed by atoms with van der Waals surface area (Å²) in [5.74, 6) is -0.745. The SMILES string of the molecule is Cc1cccc(C(=O)O)c1-c1ccccc1NC(=O)C(CC1CC1)c1cccc2ccccc12. The van der Waals surface area contributed by atoms with E-state index in [9.17, 15) is 14.7 Å². The van der Waals surface area contributed by atoms with Crippen LogP contribution in [-0.4, -0.2) is 17.0 Å². The fourth-order valence-electron chi connectivity index (χ4n) is 4.85. The smallest absolute Gasteiger partial charge is 0.336 e. The van der Waals surface area contributed by atoms with Gasteiger partial charge in [-0.25, -0.2) is 4.79 Å². The van der Waals surface area contributed by atoms with Crippen LogP contribution in [0, 0.1) is 12.8 Å². The summed E-state index contributed by atoms with van der Waals surface area (Å²) >= 11 is 0. The number of aryl methyl sites for hydroxylation is 1. The molecule has 34 heavy (non-hydrogen) atoms. The Balaban J connectivity index is 1.55. The van der Waals surface area contributed by atoms with Crippen LogP contribution in [-0.2, 0) is 4.79 Å². The number of carbonyl (C=O) groups is 2. The summed E-state index contributed by atoms with van der Waals surface area (Å²) < 4.78 is 0. The van der Waals surface area contributed by atoms with E-state index in [0.717, 1.165) is 46.7 Å². The van der Waals surface area contributed by atoms with Crippen molar-refractivity contribution < 1.29 is 14.7 Å². The number of para-hydroxylation sites is 1. The van der Waals surface area contributed by atoms with Gasteiger partial charge in [-0.1, -0.05) is 85.6 Å². The highest BCUT2D eigenvalue weighted by Gasteiger charge is 2.31. The van der Waals surface area contributed by atoms with Crippen molar-refractivity contribution in [2.75, 3.05) is 5.32 Å². The maximum Gasteiger partial charge on any atom is 0.336 e. The van der Waals surface area contributed by atoms with Crippen LogP contribution in [0.2, 0.25) is 0 Å². The van der Waals surface area contributed by atoms with E-state index >= 15 is 0 Å². The van der Waals surface area contributed by atoms with E-state index in [1.807, 2.05) is 55.5 Å². The molecule has 0 radical (unpaired) electrons. The monoisotopic (exact) mass is 449 g/mol. The predicted molar refractivity (Wildman–Crippen MR) is 136 cm³/mol. The Morgan fingerprint density at radius 3 is 2.41 bits per heavy atom. The number of rotatable bonds is 7. The van der Waals surface area contributed by atoms with Gasteiger partial charge in [0.15, 0.2) is 0 Å². The molecule has 1 aliphatic rings. The molecule has 2 N–H and O–H groups in total. The Kier molecular flexibility index (Phi) is 5.89. The van der Waals surface area contributed by atoms with Gasteiger partial charge in [-0.3, -0.25) is 4.79 Å². The fourth-order valence-corrected chi connectivity index (χ4v) is 4.85. The van der Waals surface area contributed by atoms with Crippen LogP contribution in [0.15, 0.2) is 84.9 Å². The number of fused-ring (bicyclic) bond motifs is 1. The third kappa shape index (κ3) is 4.32. The topological polar surface area (TPSA) is 66.4 Å². The number of hydrogen-bond acceptors (Lipinski definition) is 2. The van der Waals surface area contributed by atoms with Crippen molar-refractivity contribution in [1.29, 1.82) is 0 Å². The number of carbonyl (C=O) groups excluding carboxylic acids is 1. The summed E-state index contributed by atoms with van der Waals surface area (Å²) in [7, 11) is 0. The maximum atomic E-state index is 13.8. The summed E-state index contributed by atoms with van der Waals surface area (Å²) in [5, 5.41) is 15.2. The third-order valence-electron chi connectivity index (χ3n) is 6.74. The minimum Gasteiger partial charge on any atom is -0.478 e. The van der Waals surface area contributed by atoms with E-state index in [2.05, 4.69) is 29.6 Å². The summed E-state index contributed by atoms with van der Waals surface area (Å²) in [6.45, 7) is 1.90. The summed E-state index contributed by atoms with van der Waals surface area (Å²) in [6, 6.07) is 27.0. The lowest BCUT2D eigenvalue weighted by Crippen LogP contribution is -2.22. The molecule has 0 aliphatic heterocycles. The van der Waals surface area contributed by atoms with Crippen molar-refractivity contribution in [3.63, 3.8) is 0 Å². The van der Waals surface area contributed by atoms with E-state index in [0.29, 0.717) is 17.2 Å². The van der Waals surface area contributed by atoms with Crippen LogP contribution in [0.3, 0.4) is 0 Å². The minimum atomic E-state index is -0.984. The largest absolute Gasteiger partial charge is 0.478 e. The number of carboxylic acids is 1. The zero-order valence-corrected chi connectivity index (χ0v) is 19.1. The van der Waals surface area contributed by atoms with Crippen molar-refractivity contribution in [2.24, 2.45) is 5.92 Å². The highest BCUT2D eigenvalue weighted by molar-refractivity contribution is 6.04. The molecule has 1 aliphatic carbocycles. The second-order valence-corrected chi connectivity index (χ2v) is 9.14. The molecule has 4 aromatic carbocycles. The first-order valence-electron chi connectivity index (χ1n) is 11.7. The standard InChI is InChI=1S/C30H27NO3/c1-19-8-6-14-25(30(33)34)28(19)24-12-4-5-15-27(24)31-29(32)26(18-20-16-17-20)23-13-7-10-21-9-2-3-11-22(21)23/h2-15,20,26H,16-18H2,1H3,(H,31,32)(H,33,34). The van der Waals surface area contributed by atoms with Crippen molar-refractivity contribution in [3.8, 4) is 11.1 Å². The van der Waals surface area contributed by atoms with Gasteiger partial charge in [0.25, 0.3) is 0 Å². The molecule has 1 fully saturated rings.